The van der Waals surface area contributed by atoms with Gasteiger partial charge in [0.2, 0.25) is 0 Å². The SMILES string of the molecule is CCNCCCNC(=O)c1cccc(F)c1F. The summed E-state index contributed by atoms with van der Waals surface area (Å²) in [6.45, 7) is 4.07. The highest BCUT2D eigenvalue weighted by Gasteiger charge is 2.13. The number of rotatable bonds is 6. The van der Waals surface area contributed by atoms with Crippen molar-refractivity contribution in [2.24, 2.45) is 0 Å². The fourth-order valence-corrected chi connectivity index (χ4v) is 1.37. The Balaban J connectivity index is 2.44. The molecular weight excluding hydrogens is 226 g/mol. The monoisotopic (exact) mass is 242 g/mol. The van der Waals surface area contributed by atoms with Crippen LogP contribution in [-0.4, -0.2) is 25.5 Å². The van der Waals surface area contributed by atoms with Gasteiger partial charge < -0.3 is 10.6 Å². The fraction of sp³-hybridized carbons (Fsp3) is 0.417. The van der Waals surface area contributed by atoms with Gasteiger partial charge in [-0.15, -0.1) is 0 Å². The predicted molar refractivity (Wildman–Crippen MR) is 61.9 cm³/mol. The fourth-order valence-electron chi connectivity index (χ4n) is 1.37. The van der Waals surface area contributed by atoms with E-state index in [2.05, 4.69) is 10.6 Å². The number of halogens is 2. The molecule has 0 atom stereocenters. The highest BCUT2D eigenvalue weighted by atomic mass is 19.2. The van der Waals surface area contributed by atoms with Gasteiger partial charge in [-0.3, -0.25) is 4.79 Å². The van der Waals surface area contributed by atoms with Crippen molar-refractivity contribution in [3.05, 3.63) is 35.4 Å². The molecule has 0 aliphatic rings. The van der Waals surface area contributed by atoms with Crippen molar-refractivity contribution in [1.29, 1.82) is 0 Å². The van der Waals surface area contributed by atoms with Crippen LogP contribution in [0.25, 0.3) is 0 Å². The zero-order chi connectivity index (χ0) is 12.7. The lowest BCUT2D eigenvalue weighted by molar-refractivity contribution is 0.0948. The average Bonchev–Trinajstić information content (AvgIpc) is 2.32. The van der Waals surface area contributed by atoms with Crippen LogP contribution in [0.3, 0.4) is 0 Å². The first kappa shape index (κ1) is 13.6. The molecule has 1 aromatic carbocycles. The van der Waals surface area contributed by atoms with Gasteiger partial charge in [-0.25, -0.2) is 8.78 Å². The van der Waals surface area contributed by atoms with E-state index in [1.165, 1.54) is 12.1 Å². The molecule has 0 aromatic heterocycles. The van der Waals surface area contributed by atoms with Crippen molar-refractivity contribution in [2.75, 3.05) is 19.6 Å². The average molecular weight is 242 g/mol. The van der Waals surface area contributed by atoms with Crippen molar-refractivity contribution in [3.8, 4) is 0 Å². The van der Waals surface area contributed by atoms with E-state index in [0.29, 0.717) is 6.54 Å². The summed E-state index contributed by atoms with van der Waals surface area (Å²) >= 11 is 0. The smallest absolute Gasteiger partial charge is 0.254 e. The third kappa shape index (κ3) is 4.11. The van der Waals surface area contributed by atoms with Gasteiger partial charge >= 0.3 is 0 Å². The lowest BCUT2D eigenvalue weighted by Gasteiger charge is -2.06. The Kier molecular flexibility index (Phi) is 5.56. The Hall–Kier alpha value is -1.49. The number of amides is 1. The summed E-state index contributed by atoms with van der Waals surface area (Å²) < 4.78 is 26.1. The molecule has 0 saturated carbocycles. The van der Waals surface area contributed by atoms with Crippen LogP contribution >= 0.6 is 0 Å². The summed E-state index contributed by atoms with van der Waals surface area (Å²) in [7, 11) is 0. The van der Waals surface area contributed by atoms with Crippen LogP contribution in [0.1, 0.15) is 23.7 Å². The molecule has 1 aromatic rings. The number of hydrogen-bond acceptors (Lipinski definition) is 2. The molecule has 0 fully saturated rings. The van der Waals surface area contributed by atoms with E-state index >= 15 is 0 Å². The normalized spacial score (nSPS) is 10.3. The van der Waals surface area contributed by atoms with Crippen molar-refractivity contribution in [1.82, 2.24) is 10.6 Å². The third-order valence-corrected chi connectivity index (χ3v) is 2.26. The van der Waals surface area contributed by atoms with Gasteiger partial charge in [-0.2, -0.15) is 0 Å². The van der Waals surface area contributed by atoms with Gasteiger partial charge in [0, 0.05) is 6.54 Å². The molecule has 0 aliphatic heterocycles. The van der Waals surface area contributed by atoms with E-state index in [1.807, 2.05) is 6.92 Å². The second-order valence-corrected chi connectivity index (χ2v) is 3.56. The van der Waals surface area contributed by atoms with Gasteiger partial charge in [0.15, 0.2) is 11.6 Å². The van der Waals surface area contributed by atoms with Crippen molar-refractivity contribution in [3.63, 3.8) is 0 Å². The molecule has 1 amide bonds. The molecule has 0 unspecified atom stereocenters. The van der Waals surface area contributed by atoms with Crippen LogP contribution in [0.15, 0.2) is 18.2 Å². The summed E-state index contributed by atoms with van der Waals surface area (Å²) in [6, 6.07) is 3.56. The quantitative estimate of drug-likeness (QED) is 0.745. The van der Waals surface area contributed by atoms with Gasteiger partial charge in [0.25, 0.3) is 5.91 Å². The van der Waals surface area contributed by atoms with Gasteiger partial charge in [0.05, 0.1) is 5.56 Å². The topological polar surface area (TPSA) is 41.1 Å². The van der Waals surface area contributed by atoms with E-state index < -0.39 is 17.5 Å². The van der Waals surface area contributed by atoms with Crippen LogP contribution < -0.4 is 10.6 Å². The second-order valence-electron chi connectivity index (χ2n) is 3.56. The molecule has 17 heavy (non-hydrogen) atoms. The minimum atomic E-state index is -1.10. The largest absolute Gasteiger partial charge is 0.352 e. The minimum absolute atomic E-state index is 0.256. The molecule has 3 nitrogen and oxygen atoms in total. The number of carbonyl (C=O) groups is 1. The maximum atomic E-state index is 13.2. The highest BCUT2D eigenvalue weighted by molar-refractivity contribution is 5.94. The Morgan fingerprint density at radius 2 is 2.06 bits per heavy atom. The first-order valence-corrected chi connectivity index (χ1v) is 5.59. The first-order valence-electron chi connectivity index (χ1n) is 5.59. The van der Waals surface area contributed by atoms with Crippen LogP contribution in [0.5, 0.6) is 0 Å². The maximum Gasteiger partial charge on any atom is 0.254 e. The lowest BCUT2D eigenvalue weighted by Crippen LogP contribution is -2.28. The zero-order valence-corrected chi connectivity index (χ0v) is 9.72. The molecule has 2 N–H and O–H groups in total. The molecule has 0 spiro atoms. The summed E-state index contributed by atoms with van der Waals surface area (Å²) in [5, 5.41) is 5.64. The van der Waals surface area contributed by atoms with Crippen molar-refractivity contribution in [2.45, 2.75) is 13.3 Å². The number of nitrogens with one attached hydrogen (secondary N) is 2. The van der Waals surface area contributed by atoms with Gasteiger partial charge in [-0.05, 0) is 31.6 Å². The van der Waals surface area contributed by atoms with E-state index in [4.69, 9.17) is 0 Å². The highest BCUT2D eigenvalue weighted by Crippen LogP contribution is 2.10. The number of carbonyl (C=O) groups excluding carboxylic acids is 1. The summed E-state index contributed by atoms with van der Waals surface area (Å²) in [5.74, 6) is -2.69. The van der Waals surface area contributed by atoms with Crippen molar-refractivity contribution >= 4 is 5.91 Å². The molecular formula is C12H16F2N2O. The molecule has 0 bridgehead atoms. The minimum Gasteiger partial charge on any atom is -0.352 e. The van der Waals surface area contributed by atoms with Gasteiger partial charge in [0.1, 0.15) is 0 Å². The molecule has 1 rings (SSSR count). The molecule has 0 heterocycles. The Morgan fingerprint density at radius 3 is 2.76 bits per heavy atom. The van der Waals surface area contributed by atoms with Crippen molar-refractivity contribution < 1.29 is 13.6 Å². The zero-order valence-electron chi connectivity index (χ0n) is 9.72. The van der Waals surface area contributed by atoms with E-state index in [-0.39, 0.29) is 5.56 Å². The van der Waals surface area contributed by atoms with E-state index in [1.54, 1.807) is 0 Å². The predicted octanol–water partition coefficient (Wildman–Crippen LogP) is 1.69. The maximum absolute atomic E-state index is 13.2. The number of benzene rings is 1. The Bertz CT molecular complexity index is 383. The first-order chi connectivity index (χ1) is 8.16. The van der Waals surface area contributed by atoms with E-state index in [9.17, 15) is 13.6 Å². The van der Waals surface area contributed by atoms with Crippen LogP contribution in [0.2, 0.25) is 0 Å². The third-order valence-electron chi connectivity index (χ3n) is 2.26. The molecule has 5 heteroatoms. The molecule has 0 aliphatic carbocycles. The number of hydrogen-bond donors (Lipinski definition) is 2. The standard InChI is InChI=1S/C12H16F2N2O/c1-2-15-7-4-8-16-12(17)9-5-3-6-10(13)11(9)14/h3,5-6,15H,2,4,7-8H2,1H3,(H,16,17). The van der Waals surface area contributed by atoms with E-state index in [0.717, 1.165) is 25.6 Å². The Labute approximate surface area is 99.2 Å². The lowest BCUT2D eigenvalue weighted by atomic mass is 10.2. The molecule has 94 valence electrons. The van der Waals surface area contributed by atoms with Crippen LogP contribution in [0, 0.1) is 11.6 Å². The van der Waals surface area contributed by atoms with Gasteiger partial charge in [-0.1, -0.05) is 13.0 Å². The van der Waals surface area contributed by atoms with Crippen LogP contribution in [0.4, 0.5) is 8.78 Å². The molecule has 0 radical (unpaired) electrons. The Morgan fingerprint density at radius 1 is 1.29 bits per heavy atom. The molecule has 0 saturated heterocycles. The van der Waals surface area contributed by atoms with Crippen LogP contribution in [-0.2, 0) is 0 Å². The summed E-state index contributed by atoms with van der Waals surface area (Å²) in [6.07, 6.45) is 0.747. The summed E-state index contributed by atoms with van der Waals surface area (Å²) in [5.41, 5.74) is -0.256. The second kappa shape index (κ2) is 6.96. The summed E-state index contributed by atoms with van der Waals surface area (Å²) in [4.78, 5) is 11.5.